The average Bonchev–Trinajstić information content (AvgIpc) is 3.08. The number of hydrogen-bond acceptors (Lipinski definition) is 10. The summed E-state index contributed by atoms with van der Waals surface area (Å²) in [6.45, 7) is 1.38. The van der Waals surface area contributed by atoms with Crippen LogP contribution in [-0.4, -0.2) is 51.8 Å². The summed E-state index contributed by atoms with van der Waals surface area (Å²) in [6, 6.07) is 3.00. The highest BCUT2D eigenvalue weighted by atomic mass is 16.5. The van der Waals surface area contributed by atoms with Crippen LogP contribution in [0.1, 0.15) is 61.1 Å². The maximum atomic E-state index is 12.8. The molecule has 0 atom stereocenters. The number of hydrogen-bond donors (Lipinski definition) is 3. The SMILES string of the molecule is Cc1oc2c(c1C(=O)OCC/C(N)=C/N(N)CCC(=O)O)C(=O)c1ncccc1C2=O. The van der Waals surface area contributed by atoms with Crippen LogP contribution in [0.3, 0.4) is 0 Å². The van der Waals surface area contributed by atoms with Gasteiger partial charge in [0.1, 0.15) is 17.0 Å². The molecule has 31 heavy (non-hydrogen) atoms. The number of rotatable bonds is 8. The van der Waals surface area contributed by atoms with E-state index in [4.69, 9.17) is 25.8 Å². The van der Waals surface area contributed by atoms with Gasteiger partial charge in [-0.1, -0.05) is 0 Å². The molecule has 2 aromatic heterocycles. The van der Waals surface area contributed by atoms with Crippen molar-refractivity contribution in [1.29, 1.82) is 0 Å². The normalized spacial score (nSPS) is 12.9. The van der Waals surface area contributed by atoms with E-state index in [0.717, 1.165) is 5.01 Å². The van der Waals surface area contributed by atoms with Gasteiger partial charge in [-0.2, -0.15) is 0 Å². The van der Waals surface area contributed by atoms with Crippen molar-refractivity contribution >= 4 is 23.5 Å². The Balaban J connectivity index is 1.70. The van der Waals surface area contributed by atoms with Crippen molar-refractivity contribution < 1.29 is 33.4 Å². The molecule has 1 aliphatic rings. The number of furan rings is 1. The van der Waals surface area contributed by atoms with Crippen LogP contribution in [0.5, 0.6) is 0 Å². The zero-order valence-corrected chi connectivity index (χ0v) is 16.6. The van der Waals surface area contributed by atoms with E-state index >= 15 is 0 Å². The Labute approximate surface area is 176 Å². The summed E-state index contributed by atoms with van der Waals surface area (Å²) in [6.07, 6.45) is 2.67. The molecule has 11 nitrogen and oxygen atoms in total. The van der Waals surface area contributed by atoms with E-state index in [1.165, 1.54) is 31.5 Å². The summed E-state index contributed by atoms with van der Waals surface area (Å²) in [5.41, 5.74) is 5.82. The highest BCUT2D eigenvalue weighted by Crippen LogP contribution is 2.32. The minimum absolute atomic E-state index is 0.0496. The Morgan fingerprint density at radius 2 is 2.03 bits per heavy atom. The third-order valence-electron chi connectivity index (χ3n) is 4.53. The summed E-state index contributed by atoms with van der Waals surface area (Å²) in [7, 11) is 0. The van der Waals surface area contributed by atoms with Gasteiger partial charge in [0, 0.05) is 31.1 Å². The van der Waals surface area contributed by atoms with Gasteiger partial charge in [0.05, 0.1) is 24.2 Å². The molecule has 2 aromatic rings. The van der Waals surface area contributed by atoms with Crippen LogP contribution in [0.15, 0.2) is 34.6 Å². The zero-order valence-electron chi connectivity index (χ0n) is 16.6. The van der Waals surface area contributed by atoms with E-state index < -0.39 is 23.5 Å². The van der Waals surface area contributed by atoms with Gasteiger partial charge < -0.3 is 25.0 Å². The number of aromatic nitrogens is 1. The van der Waals surface area contributed by atoms with Crippen LogP contribution in [-0.2, 0) is 9.53 Å². The Morgan fingerprint density at radius 1 is 1.29 bits per heavy atom. The Morgan fingerprint density at radius 3 is 2.74 bits per heavy atom. The smallest absolute Gasteiger partial charge is 0.342 e. The molecular formula is C20H20N4O7. The minimum atomic E-state index is -0.999. The van der Waals surface area contributed by atoms with Gasteiger partial charge in [0.25, 0.3) is 0 Å². The number of nitrogens with zero attached hydrogens (tertiary/aromatic N) is 2. The van der Waals surface area contributed by atoms with Crippen LogP contribution < -0.4 is 11.6 Å². The quantitative estimate of drug-likeness (QED) is 0.262. The predicted octanol–water partition coefficient (Wildman–Crippen LogP) is 0.756. The van der Waals surface area contributed by atoms with Crippen LogP contribution in [0, 0.1) is 6.92 Å². The first-order valence-corrected chi connectivity index (χ1v) is 9.25. The molecule has 2 heterocycles. The van der Waals surface area contributed by atoms with Gasteiger partial charge in [0.2, 0.25) is 11.6 Å². The second-order valence-corrected chi connectivity index (χ2v) is 6.77. The van der Waals surface area contributed by atoms with Crippen molar-refractivity contribution in [3.63, 3.8) is 0 Å². The molecule has 11 heteroatoms. The third-order valence-corrected chi connectivity index (χ3v) is 4.53. The number of fused-ring (bicyclic) bond motifs is 2. The minimum Gasteiger partial charge on any atom is -0.481 e. The van der Waals surface area contributed by atoms with Crippen molar-refractivity contribution in [3.05, 3.63) is 64.1 Å². The monoisotopic (exact) mass is 428 g/mol. The molecule has 3 rings (SSSR count). The predicted molar refractivity (Wildman–Crippen MR) is 105 cm³/mol. The molecule has 162 valence electrons. The first-order valence-electron chi connectivity index (χ1n) is 9.25. The van der Waals surface area contributed by atoms with Gasteiger partial charge in [-0.3, -0.25) is 19.4 Å². The molecule has 0 unspecified atom stereocenters. The van der Waals surface area contributed by atoms with E-state index in [2.05, 4.69) is 4.98 Å². The lowest BCUT2D eigenvalue weighted by Crippen LogP contribution is -2.29. The molecule has 0 aromatic carbocycles. The number of pyridine rings is 1. The lowest BCUT2D eigenvalue weighted by atomic mass is 9.90. The summed E-state index contributed by atoms with van der Waals surface area (Å²) in [4.78, 5) is 52.6. The summed E-state index contributed by atoms with van der Waals surface area (Å²) in [5, 5.41) is 9.76. The molecule has 0 saturated heterocycles. The van der Waals surface area contributed by atoms with Crippen molar-refractivity contribution in [2.75, 3.05) is 13.2 Å². The third kappa shape index (κ3) is 4.46. The van der Waals surface area contributed by atoms with E-state index in [1.807, 2.05) is 0 Å². The number of ketones is 2. The van der Waals surface area contributed by atoms with E-state index in [0.29, 0.717) is 0 Å². The number of aryl methyl sites for hydroxylation is 1. The first kappa shape index (κ1) is 21.7. The Kier molecular flexibility index (Phi) is 6.16. The number of esters is 1. The van der Waals surface area contributed by atoms with Crippen LogP contribution >= 0.6 is 0 Å². The van der Waals surface area contributed by atoms with Gasteiger partial charge in [-0.15, -0.1) is 0 Å². The van der Waals surface area contributed by atoms with E-state index in [1.54, 1.807) is 0 Å². The lowest BCUT2D eigenvalue weighted by molar-refractivity contribution is -0.137. The number of carbonyl (C=O) groups is 4. The maximum absolute atomic E-state index is 12.8. The summed E-state index contributed by atoms with van der Waals surface area (Å²) < 4.78 is 10.6. The molecule has 1 aliphatic carbocycles. The standard InChI is InChI=1S/C20H20N4O7/c1-10-14(20(29)30-8-5-11(21)9-24(22)7-4-13(25)26)15-18(28)16-12(3-2-6-23-16)17(27)19(15)31-10/h2-3,6,9H,4-5,7-8,21-22H2,1H3,(H,25,26)/b11-9-. The zero-order chi connectivity index (χ0) is 22.7. The van der Waals surface area contributed by atoms with Crippen molar-refractivity contribution in [3.8, 4) is 0 Å². The molecule has 0 spiro atoms. The molecule has 0 amide bonds. The molecule has 0 saturated carbocycles. The molecule has 0 fully saturated rings. The van der Waals surface area contributed by atoms with Crippen LogP contribution in [0.4, 0.5) is 0 Å². The highest BCUT2D eigenvalue weighted by Gasteiger charge is 2.39. The molecule has 0 bridgehead atoms. The number of ether oxygens (including phenoxy) is 1. The van der Waals surface area contributed by atoms with Crippen molar-refractivity contribution in [2.24, 2.45) is 11.6 Å². The fraction of sp³-hybridized carbons (Fsp3) is 0.250. The molecular weight excluding hydrogens is 408 g/mol. The van der Waals surface area contributed by atoms with Gasteiger partial charge in [-0.25, -0.2) is 10.6 Å². The van der Waals surface area contributed by atoms with Gasteiger partial charge in [-0.05, 0) is 19.1 Å². The average molecular weight is 428 g/mol. The van der Waals surface area contributed by atoms with E-state index in [9.17, 15) is 19.2 Å². The summed E-state index contributed by atoms with van der Waals surface area (Å²) >= 11 is 0. The van der Waals surface area contributed by atoms with Crippen LogP contribution in [0.25, 0.3) is 0 Å². The second kappa shape index (κ2) is 8.79. The molecule has 0 radical (unpaired) electrons. The Hall–Kier alpha value is -3.99. The molecule has 0 aliphatic heterocycles. The highest BCUT2D eigenvalue weighted by molar-refractivity contribution is 6.29. The number of carbonyl (C=O) groups excluding carboxylic acids is 3. The number of nitrogens with two attached hydrogens (primary N) is 2. The number of hydrazine groups is 1. The number of carboxylic acids is 1. The summed E-state index contributed by atoms with van der Waals surface area (Å²) in [5.74, 6) is 2.51. The topological polar surface area (TPSA) is 179 Å². The second-order valence-electron chi connectivity index (χ2n) is 6.77. The van der Waals surface area contributed by atoms with Crippen molar-refractivity contribution in [2.45, 2.75) is 19.8 Å². The lowest BCUT2D eigenvalue weighted by Gasteiger charge is -2.14. The van der Waals surface area contributed by atoms with Gasteiger partial charge >= 0.3 is 11.9 Å². The first-order chi connectivity index (χ1) is 14.7. The van der Waals surface area contributed by atoms with Crippen LogP contribution in [0.2, 0.25) is 0 Å². The largest absolute Gasteiger partial charge is 0.481 e. The van der Waals surface area contributed by atoms with E-state index in [-0.39, 0.29) is 65.6 Å². The number of aliphatic carboxylic acids is 1. The van der Waals surface area contributed by atoms with Gasteiger partial charge in [0.15, 0.2) is 5.76 Å². The fourth-order valence-corrected chi connectivity index (χ4v) is 3.08. The fourth-order valence-electron chi connectivity index (χ4n) is 3.08. The molecule has 5 N–H and O–H groups in total. The Bertz CT molecular complexity index is 1100. The van der Waals surface area contributed by atoms with Crippen molar-refractivity contribution in [1.82, 2.24) is 9.99 Å². The maximum Gasteiger partial charge on any atom is 0.342 e. The number of carboxylic acid groups (broad SMARTS) is 1.